The first-order chi connectivity index (χ1) is 12.2. The van der Waals surface area contributed by atoms with Crippen molar-refractivity contribution in [1.82, 2.24) is 14.5 Å². The Kier molecular flexibility index (Phi) is 4.69. The van der Waals surface area contributed by atoms with Crippen molar-refractivity contribution in [1.29, 1.82) is 0 Å². The quantitative estimate of drug-likeness (QED) is 0.931. The van der Waals surface area contributed by atoms with Crippen LogP contribution in [0, 0.1) is 6.92 Å². The maximum atomic E-state index is 12.5. The Balaban J connectivity index is 1.48. The zero-order valence-electron chi connectivity index (χ0n) is 15.3. The molecule has 0 spiro atoms. The Labute approximate surface area is 149 Å². The molecule has 2 heterocycles. The number of aryl methyl sites for hydroxylation is 1. The molecule has 2 fully saturated rings. The van der Waals surface area contributed by atoms with E-state index >= 15 is 0 Å². The summed E-state index contributed by atoms with van der Waals surface area (Å²) in [7, 11) is 1.84. The van der Waals surface area contributed by atoms with Crippen LogP contribution in [0.2, 0.25) is 0 Å². The van der Waals surface area contributed by atoms with Gasteiger partial charge in [0.15, 0.2) is 0 Å². The largest absolute Gasteiger partial charge is 0.381 e. The van der Waals surface area contributed by atoms with Crippen LogP contribution < -0.4 is 5.69 Å². The summed E-state index contributed by atoms with van der Waals surface area (Å²) in [4.78, 5) is 18.1. The van der Waals surface area contributed by atoms with E-state index in [1.165, 1.54) is 24.8 Å². The monoisotopic (exact) mass is 343 g/mol. The number of aromatic amines is 1. The molecule has 1 aromatic carbocycles. The first-order valence-corrected chi connectivity index (χ1v) is 9.63. The number of hydrogen-bond acceptors (Lipinski definition) is 3. The molecule has 1 aromatic heterocycles. The predicted molar refractivity (Wildman–Crippen MR) is 100 cm³/mol. The van der Waals surface area contributed by atoms with Crippen LogP contribution in [0.5, 0.6) is 0 Å². The minimum absolute atomic E-state index is 0.0381. The molecule has 5 heteroatoms. The van der Waals surface area contributed by atoms with Crippen molar-refractivity contribution in [2.24, 2.45) is 0 Å². The van der Waals surface area contributed by atoms with Crippen LogP contribution in [0.15, 0.2) is 23.0 Å². The van der Waals surface area contributed by atoms with Gasteiger partial charge in [-0.1, -0.05) is 6.07 Å². The Morgan fingerprint density at radius 3 is 2.68 bits per heavy atom. The number of aromatic nitrogens is 2. The second-order valence-electron chi connectivity index (χ2n) is 7.77. The molecule has 2 aliphatic rings. The number of methoxy groups -OCH3 is 1. The standard InChI is InChI=1S/C20H29N3O2/c1-14-6-7-18-19(12-14)23(20(24)21-18)15-8-10-22(11-9-15)16-4-3-5-17(13-16)25-2/h6-7,12,15-17H,3-5,8-11,13H2,1-2H3,(H,21,24)/t16-,17+/m0/s1. The fourth-order valence-corrected chi connectivity index (χ4v) is 4.77. The first kappa shape index (κ1) is 16.9. The van der Waals surface area contributed by atoms with Crippen molar-refractivity contribution < 1.29 is 4.74 Å². The van der Waals surface area contributed by atoms with Crippen LogP contribution in [-0.4, -0.2) is 46.8 Å². The molecule has 1 aliphatic carbocycles. The van der Waals surface area contributed by atoms with Gasteiger partial charge in [0.1, 0.15) is 0 Å². The number of hydrogen-bond donors (Lipinski definition) is 1. The van der Waals surface area contributed by atoms with E-state index in [2.05, 4.69) is 28.9 Å². The Morgan fingerprint density at radius 1 is 1.12 bits per heavy atom. The van der Waals surface area contributed by atoms with Gasteiger partial charge in [0, 0.05) is 32.3 Å². The third-order valence-electron chi connectivity index (χ3n) is 6.19. The molecule has 1 N–H and O–H groups in total. The molecule has 25 heavy (non-hydrogen) atoms. The number of imidazole rings is 1. The van der Waals surface area contributed by atoms with Crippen molar-refractivity contribution in [2.45, 2.75) is 63.6 Å². The van der Waals surface area contributed by atoms with E-state index in [0.29, 0.717) is 18.2 Å². The lowest BCUT2D eigenvalue weighted by Gasteiger charge is -2.41. The summed E-state index contributed by atoms with van der Waals surface area (Å²) < 4.78 is 7.59. The number of rotatable bonds is 3. The number of fused-ring (bicyclic) bond motifs is 1. The number of H-pyrrole nitrogens is 1. The minimum atomic E-state index is 0.0381. The van der Waals surface area contributed by atoms with E-state index in [4.69, 9.17) is 4.74 Å². The van der Waals surface area contributed by atoms with Gasteiger partial charge in [-0.05, 0) is 63.1 Å². The summed E-state index contributed by atoms with van der Waals surface area (Å²) in [5.74, 6) is 0. The Bertz CT molecular complexity index is 786. The average Bonchev–Trinajstić information content (AvgIpc) is 2.97. The predicted octanol–water partition coefficient (Wildman–Crippen LogP) is 3.23. The van der Waals surface area contributed by atoms with E-state index in [1.54, 1.807) is 0 Å². The maximum absolute atomic E-state index is 12.5. The third-order valence-corrected chi connectivity index (χ3v) is 6.19. The molecule has 4 rings (SSSR count). The lowest BCUT2D eigenvalue weighted by Crippen LogP contribution is -2.45. The molecule has 136 valence electrons. The van der Waals surface area contributed by atoms with E-state index in [1.807, 2.05) is 17.7 Å². The van der Waals surface area contributed by atoms with Crippen molar-refractivity contribution in [3.63, 3.8) is 0 Å². The Morgan fingerprint density at radius 2 is 1.92 bits per heavy atom. The molecule has 5 nitrogen and oxygen atoms in total. The highest BCUT2D eigenvalue weighted by Gasteiger charge is 2.31. The van der Waals surface area contributed by atoms with Gasteiger partial charge < -0.3 is 14.6 Å². The van der Waals surface area contributed by atoms with Crippen LogP contribution in [0.3, 0.4) is 0 Å². The SMILES string of the molecule is CO[C@@H]1CCC[C@H](N2CCC(n3c(=O)[nH]c4ccc(C)cc43)CC2)C1. The van der Waals surface area contributed by atoms with Gasteiger partial charge in [0.25, 0.3) is 0 Å². The number of benzene rings is 1. The minimum Gasteiger partial charge on any atom is -0.381 e. The molecule has 1 aliphatic heterocycles. The van der Waals surface area contributed by atoms with Crippen LogP contribution in [-0.2, 0) is 4.74 Å². The lowest BCUT2D eigenvalue weighted by atomic mass is 9.90. The molecule has 2 atom stereocenters. The molecule has 0 bridgehead atoms. The summed E-state index contributed by atoms with van der Waals surface area (Å²) in [6.07, 6.45) is 7.45. The molecular weight excluding hydrogens is 314 g/mol. The van der Waals surface area contributed by atoms with Crippen LogP contribution >= 0.6 is 0 Å². The molecule has 0 unspecified atom stereocenters. The van der Waals surface area contributed by atoms with Gasteiger partial charge in [0.2, 0.25) is 0 Å². The highest BCUT2D eigenvalue weighted by molar-refractivity contribution is 5.76. The smallest absolute Gasteiger partial charge is 0.326 e. The van der Waals surface area contributed by atoms with Gasteiger partial charge >= 0.3 is 5.69 Å². The summed E-state index contributed by atoms with van der Waals surface area (Å²) in [5, 5.41) is 0. The van der Waals surface area contributed by atoms with Crippen molar-refractivity contribution in [3.05, 3.63) is 34.2 Å². The molecule has 0 amide bonds. The molecule has 2 aromatic rings. The number of nitrogens with one attached hydrogen (secondary N) is 1. The Hall–Kier alpha value is -1.59. The molecular formula is C20H29N3O2. The average molecular weight is 343 g/mol. The normalized spacial score (nSPS) is 26.3. The van der Waals surface area contributed by atoms with E-state index in [-0.39, 0.29) is 5.69 Å². The molecule has 1 saturated heterocycles. The van der Waals surface area contributed by atoms with Gasteiger partial charge in [-0.25, -0.2) is 4.79 Å². The van der Waals surface area contributed by atoms with Gasteiger partial charge in [-0.15, -0.1) is 0 Å². The van der Waals surface area contributed by atoms with Crippen molar-refractivity contribution in [2.75, 3.05) is 20.2 Å². The molecule has 0 radical (unpaired) electrons. The van der Waals surface area contributed by atoms with Crippen molar-refractivity contribution in [3.8, 4) is 0 Å². The van der Waals surface area contributed by atoms with Crippen LogP contribution in [0.4, 0.5) is 0 Å². The zero-order chi connectivity index (χ0) is 17.4. The second-order valence-corrected chi connectivity index (χ2v) is 7.77. The number of likely N-dealkylation sites (tertiary alicyclic amines) is 1. The van der Waals surface area contributed by atoms with E-state index < -0.39 is 0 Å². The summed E-state index contributed by atoms with van der Waals surface area (Å²) in [6, 6.07) is 7.16. The highest BCUT2D eigenvalue weighted by atomic mass is 16.5. The highest BCUT2D eigenvalue weighted by Crippen LogP contribution is 2.31. The van der Waals surface area contributed by atoms with E-state index in [0.717, 1.165) is 43.4 Å². The zero-order valence-corrected chi connectivity index (χ0v) is 15.3. The maximum Gasteiger partial charge on any atom is 0.326 e. The summed E-state index contributed by atoms with van der Waals surface area (Å²) in [5.41, 5.74) is 3.25. The van der Waals surface area contributed by atoms with Gasteiger partial charge in [-0.2, -0.15) is 0 Å². The first-order valence-electron chi connectivity index (χ1n) is 9.63. The summed E-state index contributed by atoms with van der Waals surface area (Å²) in [6.45, 7) is 4.24. The number of ether oxygens (including phenoxy) is 1. The fourth-order valence-electron chi connectivity index (χ4n) is 4.77. The second kappa shape index (κ2) is 6.96. The number of nitrogens with zero attached hydrogens (tertiary/aromatic N) is 2. The summed E-state index contributed by atoms with van der Waals surface area (Å²) >= 11 is 0. The van der Waals surface area contributed by atoms with Crippen LogP contribution in [0.25, 0.3) is 11.0 Å². The third kappa shape index (κ3) is 3.27. The lowest BCUT2D eigenvalue weighted by molar-refractivity contribution is 0.0184. The van der Waals surface area contributed by atoms with Crippen LogP contribution in [0.1, 0.15) is 50.1 Å². The van der Waals surface area contributed by atoms with E-state index in [9.17, 15) is 4.79 Å². The van der Waals surface area contributed by atoms with Crippen molar-refractivity contribution >= 4 is 11.0 Å². The van der Waals surface area contributed by atoms with Gasteiger partial charge in [0.05, 0.1) is 17.1 Å². The topological polar surface area (TPSA) is 50.3 Å². The van der Waals surface area contributed by atoms with Gasteiger partial charge in [-0.3, -0.25) is 4.57 Å². The number of piperidine rings is 1. The fraction of sp³-hybridized carbons (Fsp3) is 0.650. The molecule has 1 saturated carbocycles.